The second kappa shape index (κ2) is 7.96. The van der Waals surface area contributed by atoms with Crippen LogP contribution in [0.3, 0.4) is 0 Å². The van der Waals surface area contributed by atoms with Crippen molar-refractivity contribution in [1.82, 2.24) is 0 Å². The first-order chi connectivity index (χ1) is 11.5. The van der Waals surface area contributed by atoms with E-state index in [0.29, 0.717) is 18.0 Å². The SMILES string of the molecule is CCOc1ccccc1NC(=O)COc1ccc(C)cc1[N+](=O)[O-]. The third kappa shape index (κ3) is 4.45. The Bertz CT molecular complexity index is 746. The van der Waals surface area contributed by atoms with Gasteiger partial charge in [0.15, 0.2) is 12.4 Å². The highest BCUT2D eigenvalue weighted by molar-refractivity contribution is 5.93. The van der Waals surface area contributed by atoms with Crippen LogP contribution in [0.15, 0.2) is 42.5 Å². The van der Waals surface area contributed by atoms with Gasteiger partial charge in [-0.05, 0) is 37.6 Å². The van der Waals surface area contributed by atoms with E-state index in [1.165, 1.54) is 12.1 Å². The van der Waals surface area contributed by atoms with Crippen molar-refractivity contribution >= 4 is 17.3 Å². The van der Waals surface area contributed by atoms with Crippen molar-refractivity contribution in [3.05, 3.63) is 58.1 Å². The summed E-state index contributed by atoms with van der Waals surface area (Å²) in [4.78, 5) is 22.5. The fourth-order valence-electron chi connectivity index (χ4n) is 2.07. The van der Waals surface area contributed by atoms with Crippen molar-refractivity contribution in [3.63, 3.8) is 0 Å². The molecule has 0 atom stereocenters. The van der Waals surface area contributed by atoms with Gasteiger partial charge >= 0.3 is 5.69 Å². The molecule has 0 aliphatic heterocycles. The molecule has 2 rings (SSSR count). The van der Waals surface area contributed by atoms with E-state index in [9.17, 15) is 14.9 Å². The van der Waals surface area contributed by atoms with E-state index >= 15 is 0 Å². The molecule has 0 aliphatic carbocycles. The standard InChI is InChI=1S/C17H18N2O5/c1-3-23-15-7-5-4-6-13(15)18-17(20)11-24-16-9-8-12(2)10-14(16)19(21)22/h4-10H,3,11H2,1-2H3,(H,18,20). The largest absolute Gasteiger partial charge is 0.492 e. The van der Waals surface area contributed by atoms with Crippen LogP contribution in [0, 0.1) is 17.0 Å². The fraction of sp³-hybridized carbons (Fsp3) is 0.235. The van der Waals surface area contributed by atoms with E-state index in [4.69, 9.17) is 9.47 Å². The minimum Gasteiger partial charge on any atom is -0.492 e. The van der Waals surface area contributed by atoms with Crippen LogP contribution in [0.25, 0.3) is 0 Å². The van der Waals surface area contributed by atoms with Gasteiger partial charge in [0.25, 0.3) is 5.91 Å². The smallest absolute Gasteiger partial charge is 0.311 e. The van der Waals surface area contributed by atoms with Crippen LogP contribution < -0.4 is 14.8 Å². The molecule has 0 aliphatic rings. The van der Waals surface area contributed by atoms with Gasteiger partial charge < -0.3 is 14.8 Å². The van der Waals surface area contributed by atoms with E-state index in [1.807, 2.05) is 6.92 Å². The number of rotatable bonds is 7. The number of ether oxygens (including phenoxy) is 2. The van der Waals surface area contributed by atoms with Gasteiger partial charge in [-0.25, -0.2) is 0 Å². The number of hydrogen-bond acceptors (Lipinski definition) is 5. The molecular weight excluding hydrogens is 312 g/mol. The monoisotopic (exact) mass is 330 g/mol. The number of nitro benzene ring substituents is 1. The first-order valence-corrected chi connectivity index (χ1v) is 7.40. The van der Waals surface area contributed by atoms with Gasteiger partial charge in [0.1, 0.15) is 5.75 Å². The van der Waals surface area contributed by atoms with E-state index in [0.717, 1.165) is 5.56 Å². The molecular formula is C17H18N2O5. The summed E-state index contributed by atoms with van der Waals surface area (Å²) in [5.74, 6) is 0.172. The molecule has 0 radical (unpaired) electrons. The molecule has 0 bridgehead atoms. The zero-order valence-electron chi connectivity index (χ0n) is 13.4. The number of nitrogens with zero attached hydrogens (tertiary/aromatic N) is 1. The highest BCUT2D eigenvalue weighted by atomic mass is 16.6. The van der Waals surface area contributed by atoms with E-state index in [1.54, 1.807) is 37.3 Å². The number of nitrogens with one attached hydrogen (secondary N) is 1. The lowest BCUT2D eigenvalue weighted by Gasteiger charge is -2.12. The molecule has 0 aromatic heterocycles. The third-order valence-electron chi connectivity index (χ3n) is 3.13. The molecule has 7 nitrogen and oxygen atoms in total. The second-order valence-electron chi connectivity index (χ2n) is 4.99. The van der Waals surface area contributed by atoms with Crippen molar-refractivity contribution in [2.75, 3.05) is 18.5 Å². The molecule has 0 spiro atoms. The van der Waals surface area contributed by atoms with Crippen LogP contribution in [0.4, 0.5) is 11.4 Å². The van der Waals surface area contributed by atoms with Crippen molar-refractivity contribution in [2.24, 2.45) is 0 Å². The van der Waals surface area contributed by atoms with E-state index in [-0.39, 0.29) is 18.0 Å². The third-order valence-corrected chi connectivity index (χ3v) is 3.13. The zero-order valence-corrected chi connectivity index (χ0v) is 13.4. The molecule has 0 saturated carbocycles. The lowest BCUT2D eigenvalue weighted by Crippen LogP contribution is -2.21. The van der Waals surface area contributed by atoms with Gasteiger partial charge in [-0.1, -0.05) is 18.2 Å². The summed E-state index contributed by atoms with van der Waals surface area (Å²) in [5.41, 5.74) is 1.09. The summed E-state index contributed by atoms with van der Waals surface area (Å²) in [7, 11) is 0. The Labute approximate surface area is 139 Å². The first kappa shape index (κ1) is 17.3. The average molecular weight is 330 g/mol. The lowest BCUT2D eigenvalue weighted by atomic mass is 10.2. The number of nitro groups is 1. The Morgan fingerprint density at radius 1 is 1.17 bits per heavy atom. The summed E-state index contributed by atoms with van der Waals surface area (Å²) in [5, 5.41) is 13.7. The van der Waals surface area contributed by atoms with Gasteiger partial charge in [-0.15, -0.1) is 0 Å². The molecule has 0 saturated heterocycles. The maximum absolute atomic E-state index is 12.0. The summed E-state index contributed by atoms with van der Waals surface area (Å²) < 4.78 is 10.7. The van der Waals surface area contributed by atoms with E-state index < -0.39 is 10.8 Å². The lowest BCUT2D eigenvalue weighted by molar-refractivity contribution is -0.385. The highest BCUT2D eigenvalue weighted by Gasteiger charge is 2.16. The zero-order chi connectivity index (χ0) is 17.5. The molecule has 1 amide bonds. The number of amides is 1. The van der Waals surface area contributed by atoms with Gasteiger partial charge in [0, 0.05) is 6.07 Å². The topological polar surface area (TPSA) is 90.7 Å². The van der Waals surface area contributed by atoms with Crippen molar-refractivity contribution in [3.8, 4) is 11.5 Å². The van der Waals surface area contributed by atoms with Crippen LogP contribution in [0.1, 0.15) is 12.5 Å². The maximum atomic E-state index is 12.0. The number of carbonyl (C=O) groups excluding carboxylic acids is 1. The fourth-order valence-corrected chi connectivity index (χ4v) is 2.07. The molecule has 0 unspecified atom stereocenters. The Morgan fingerprint density at radius 3 is 2.62 bits per heavy atom. The number of benzene rings is 2. The van der Waals surface area contributed by atoms with Crippen LogP contribution >= 0.6 is 0 Å². The van der Waals surface area contributed by atoms with Crippen molar-refractivity contribution in [2.45, 2.75) is 13.8 Å². The minimum atomic E-state index is -0.537. The summed E-state index contributed by atoms with van der Waals surface area (Å²) in [6.07, 6.45) is 0. The molecule has 2 aromatic rings. The predicted molar refractivity (Wildman–Crippen MR) is 89.6 cm³/mol. The number of aryl methyl sites for hydroxylation is 1. The predicted octanol–water partition coefficient (Wildman–Crippen LogP) is 3.32. The first-order valence-electron chi connectivity index (χ1n) is 7.40. The summed E-state index contributed by atoms with van der Waals surface area (Å²) in [6, 6.07) is 11.6. The van der Waals surface area contributed by atoms with Gasteiger partial charge in [0.2, 0.25) is 0 Å². The minimum absolute atomic E-state index is 0.0545. The number of carbonyl (C=O) groups is 1. The van der Waals surface area contributed by atoms with Gasteiger partial charge in [-0.3, -0.25) is 14.9 Å². The van der Waals surface area contributed by atoms with Gasteiger partial charge in [0.05, 0.1) is 17.2 Å². The Hall–Kier alpha value is -3.09. The Balaban J connectivity index is 2.03. The molecule has 2 aromatic carbocycles. The molecule has 7 heteroatoms. The highest BCUT2D eigenvalue weighted by Crippen LogP contribution is 2.28. The maximum Gasteiger partial charge on any atom is 0.311 e. The molecule has 1 N–H and O–H groups in total. The Kier molecular flexibility index (Phi) is 5.73. The second-order valence-corrected chi connectivity index (χ2v) is 4.99. The average Bonchev–Trinajstić information content (AvgIpc) is 2.55. The Morgan fingerprint density at radius 2 is 1.92 bits per heavy atom. The normalized spacial score (nSPS) is 10.1. The van der Waals surface area contributed by atoms with E-state index in [2.05, 4.69) is 5.32 Å². The van der Waals surface area contributed by atoms with Crippen LogP contribution in [-0.2, 0) is 4.79 Å². The van der Waals surface area contributed by atoms with Crippen molar-refractivity contribution < 1.29 is 19.2 Å². The number of para-hydroxylation sites is 2. The summed E-state index contributed by atoms with van der Waals surface area (Å²) in [6.45, 7) is 3.72. The number of anilines is 1. The van der Waals surface area contributed by atoms with Crippen LogP contribution in [0.2, 0.25) is 0 Å². The van der Waals surface area contributed by atoms with Crippen LogP contribution in [0.5, 0.6) is 11.5 Å². The van der Waals surface area contributed by atoms with Crippen LogP contribution in [-0.4, -0.2) is 24.0 Å². The quantitative estimate of drug-likeness (QED) is 0.621. The molecule has 0 fully saturated rings. The van der Waals surface area contributed by atoms with Gasteiger partial charge in [-0.2, -0.15) is 0 Å². The number of hydrogen-bond donors (Lipinski definition) is 1. The molecule has 126 valence electrons. The van der Waals surface area contributed by atoms with Crippen molar-refractivity contribution in [1.29, 1.82) is 0 Å². The molecule has 0 heterocycles. The summed E-state index contributed by atoms with van der Waals surface area (Å²) >= 11 is 0. The molecule has 24 heavy (non-hydrogen) atoms.